The molecule has 3 heterocycles. The minimum atomic E-state index is -3.44. The molecule has 2 aliphatic heterocycles. The number of carbonyl (C=O) groups excluding carboxylic acids is 1. The molecule has 1 saturated carbocycles. The average molecular weight is 425 g/mol. The third-order valence-electron chi connectivity index (χ3n) is 5.38. The van der Waals surface area contributed by atoms with Crippen LogP contribution in [0.25, 0.3) is 0 Å². The number of aromatic nitrogens is 2. The number of fused-ring (bicyclic) bond motifs is 2. The van der Waals surface area contributed by atoms with E-state index in [-0.39, 0.29) is 23.3 Å². The van der Waals surface area contributed by atoms with E-state index in [1.807, 2.05) is 0 Å². The summed E-state index contributed by atoms with van der Waals surface area (Å²) in [4.78, 5) is 21.5. The number of anilines is 1. The highest BCUT2D eigenvalue weighted by Crippen LogP contribution is 2.43. The molecule has 4 rings (SSSR count). The highest BCUT2D eigenvalue weighted by atomic mass is 32.2. The van der Waals surface area contributed by atoms with Crippen molar-refractivity contribution < 1.29 is 22.7 Å². The van der Waals surface area contributed by atoms with Gasteiger partial charge < -0.3 is 14.8 Å². The van der Waals surface area contributed by atoms with Crippen LogP contribution in [-0.4, -0.2) is 47.5 Å². The van der Waals surface area contributed by atoms with Crippen molar-refractivity contribution in [2.75, 3.05) is 4.72 Å². The smallest absolute Gasteiger partial charge is 0.408 e. The van der Waals surface area contributed by atoms with Crippen LogP contribution in [0.5, 0.6) is 0 Å². The Kier molecular flexibility index (Phi) is 4.97. The summed E-state index contributed by atoms with van der Waals surface area (Å²) >= 11 is 0. The predicted molar refractivity (Wildman–Crippen MR) is 106 cm³/mol. The monoisotopic (exact) mass is 424 g/mol. The van der Waals surface area contributed by atoms with Crippen molar-refractivity contribution in [3.63, 3.8) is 0 Å². The standard InChI is InChI=1S/C19H28N4O5S/c1-18(2,3)28-17(24)22-19(10-12-4-5-13(11-19)27-12)16-20-9-8-15(21-16)23-29(25,26)14-6-7-14/h8-9,12-14H,4-7,10-11H2,1-3H3,(H,22,24)(H,20,21,23). The molecule has 1 aromatic heterocycles. The summed E-state index contributed by atoms with van der Waals surface area (Å²) in [6, 6.07) is 1.53. The van der Waals surface area contributed by atoms with Crippen LogP contribution in [0.4, 0.5) is 10.6 Å². The summed E-state index contributed by atoms with van der Waals surface area (Å²) in [6.45, 7) is 5.41. The number of hydrogen-bond donors (Lipinski definition) is 2. The lowest BCUT2D eigenvalue weighted by atomic mass is 9.85. The van der Waals surface area contributed by atoms with Gasteiger partial charge in [-0.1, -0.05) is 0 Å². The largest absolute Gasteiger partial charge is 0.444 e. The van der Waals surface area contributed by atoms with E-state index in [2.05, 4.69) is 20.0 Å². The molecule has 2 atom stereocenters. The summed E-state index contributed by atoms with van der Waals surface area (Å²) < 4.78 is 38.6. The fourth-order valence-electron chi connectivity index (χ4n) is 4.03. The van der Waals surface area contributed by atoms with Crippen molar-refractivity contribution in [2.24, 2.45) is 0 Å². The second-order valence-electron chi connectivity index (χ2n) is 9.19. The minimum Gasteiger partial charge on any atom is -0.444 e. The van der Waals surface area contributed by atoms with Crippen LogP contribution >= 0.6 is 0 Å². The molecular weight excluding hydrogens is 396 g/mol. The van der Waals surface area contributed by atoms with Gasteiger partial charge in [0.25, 0.3) is 0 Å². The summed E-state index contributed by atoms with van der Waals surface area (Å²) in [5, 5.41) is 2.63. The summed E-state index contributed by atoms with van der Waals surface area (Å²) in [5.41, 5.74) is -1.51. The Hall–Kier alpha value is -1.94. The van der Waals surface area contributed by atoms with Gasteiger partial charge in [-0.15, -0.1) is 0 Å². The fraction of sp³-hybridized carbons (Fsp3) is 0.737. The van der Waals surface area contributed by atoms with Gasteiger partial charge in [-0.3, -0.25) is 4.72 Å². The van der Waals surface area contributed by atoms with Gasteiger partial charge in [0.05, 0.1) is 17.5 Å². The molecule has 10 heteroatoms. The topological polar surface area (TPSA) is 120 Å². The molecule has 29 heavy (non-hydrogen) atoms. The molecule has 9 nitrogen and oxygen atoms in total. The maximum atomic E-state index is 12.6. The summed E-state index contributed by atoms with van der Waals surface area (Å²) in [5.74, 6) is 0.589. The highest BCUT2D eigenvalue weighted by Gasteiger charge is 2.49. The van der Waals surface area contributed by atoms with Crippen LogP contribution < -0.4 is 10.0 Å². The third kappa shape index (κ3) is 4.63. The first-order valence-corrected chi connectivity index (χ1v) is 11.6. The average Bonchev–Trinajstić information content (AvgIpc) is 3.39. The number of hydrogen-bond acceptors (Lipinski definition) is 7. The molecule has 0 aromatic carbocycles. The molecule has 2 unspecified atom stereocenters. The number of nitrogens with zero attached hydrogens (tertiary/aromatic N) is 2. The summed E-state index contributed by atoms with van der Waals surface area (Å²) in [7, 11) is -3.44. The van der Waals surface area contributed by atoms with E-state index in [1.165, 1.54) is 12.3 Å². The van der Waals surface area contributed by atoms with Gasteiger partial charge in [-0.25, -0.2) is 23.2 Å². The molecule has 160 valence electrons. The Labute approximate surface area is 171 Å². The predicted octanol–water partition coefficient (Wildman–Crippen LogP) is 2.44. The van der Waals surface area contributed by atoms with Gasteiger partial charge in [0.15, 0.2) is 5.82 Å². The first-order valence-electron chi connectivity index (χ1n) is 10.1. The number of carbonyl (C=O) groups is 1. The second-order valence-corrected chi connectivity index (χ2v) is 11.1. The second kappa shape index (κ2) is 7.09. The molecular formula is C19H28N4O5S. The van der Waals surface area contributed by atoms with Crippen molar-refractivity contribution in [2.45, 2.75) is 87.9 Å². The van der Waals surface area contributed by atoms with Gasteiger partial charge >= 0.3 is 6.09 Å². The molecule has 0 radical (unpaired) electrons. The lowest BCUT2D eigenvalue weighted by Crippen LogP contribution is -2.54. The molecule has 1 amide bonds. The van der Waals surface area contributed by atoms with Crippen LogP contribution in [0, 0.1) is 0 Å². The van der Waals surface area contributed by atoms with Crippen molar-refractivity contribution in [1.29, 1.82) is 0 Å². The number of amides is 1. The van der Waals surface area contributed by atoms with Crippen LogP contribution in [0.2, 0.25) is 0 Å². The minimum absolute atomic E-state index is 0.000835. The van der Waals surface area contributed by atoms with Gasteiger partial charge in [0.1, 0.15) is 17.0 Å². The van der Waals surface area contributed by atoms with E-state index in [1.54, 1.807) is 20.8 Å². The van der Waals surface area contributed by atoms with Crippen molar-refractivity contribution in [3.05, 3.63) is 18.1 Å². The zero-order valence-corrected chi connectivity index (χ0v) is 17.8. The SMILES string of the molecule is CC(C)(C)OC(=O)NC1(c2nccc(NS(=O)(=O)C3CC3)n2)CC2CCC(C1)O2. The number of nitrogens with one attached hydrogen (secondary N) is 2. The Morgan fingerprint density at radius 1 is 1.21 bits per heavy atom. The number of sulfonamides is 1. The van der Waals surface area contributed by atoms with E-state index in [0.717, 1.165) is 12.8 Å². The number of ether oxygens (including phenoxy) is 2. The first kappa shape index (κ1) is 20.3. The van der Waals surface area contributed by atoms with E-state index in [0.29, 0.717) is 31.5 Å². The first-order chi connectivity index (χ1) is 13.5. The quantitative estimate of drug-likeness (QED) is 0.745. The van der Waals surface area contributed by atoms with Gasteiger partial charge in [0, 0.05) is 19.0 Å². The van der Waals surface area contributed by atoms with Crippen molar-refractivity contribution >= 4 is 21.9 Å². The van der Waals surface area contributed by atoms with Gasteiger partial charge in [-0.2, -0.15) is 0 Å². The van der Waals surface area contributed by atoms with Gasteiger partial charge in [-0.05, 0) is 52.5 Å². The zero-order valence-electron chi connectivity index (χ0n) is 17.0. The van der Waals surface area contributed by atoms with Crippen LogP contribution in [0.1, 0.15) is 65.1 Å². The number of rotatable bonds is 5. The summed E-state index contributed by atoms with van der Waals surface area (Å²) in [6.07, 6.45) is 5.15. The lowest BCUT2D eigenvalue weighted by molar-refractivity contribution is -0.0458. The van der Waals surface area contributed by atoms with Crippen LogP contribution in [-0.2, 0) is 25.0 Å². The Morgan fingerprint density at radius 2 is 1.86 bits per heavy atom. The van der Waals surface area contributed by atoms with Crippen molar-refractivity contribution in [3.8, 4) is 0 Å². The maximum absolute atomic E-state index is 12.6. The molecule has 0 spiro atoms. The molecule has 2 saturated heterocycles. The number of alkyl carbamates (subject to hydrolysis) is 1. The van der Waals surface area contributed by atoms with E-state index in [9.17, 15) is 13.2 Å². The molecule has 3 fully saturated rings. The molecule has 2 N–H and O–H groups in total. The Bertz CT molecular complexity index is 882. The molecule has 2 bridgehead atoms. The fourth-order valence-corrected chi connectivity index (χ4v) is 5.36. The molecule has 1 aliphatic carbocycles. The van der Waals surface area contributed by atoms with Crippen LogP contribution in [0.3, 0.4) is 0 Å². The van der Waals surface area contributed by atoms with Crippen LogP contribution in [0.15, 0.2) is 12.3 Å². The van der Waals surface area contributed by atoms with E-state index in [4.69, 9.17) is 9.47 Å². The van der Waals surface area contributed by atoms with Gasteiger partial charge in [0.2, 0.25) is 10.0 Å². The molecule has 3 aliphatic rings. The maximum Gasteiger partial charge on any atom is 0.408 e. The molecule has 1 aromatic rings. The highest BCUT2D eigenvalue weighted by molar-refractivity contribution is 7.93. The third-order valence-corrected chi connectivity index (χ3v) is 7.22. The Morgan fingerprint density at radius 3 is 2.45 bits per heavy atom. The van der Waals surface area contributed by atoms with Crippen molar-refractivity contribution in [1.82, 2.24) is 15.3 Å². The Balaban J connectivity index is 1.63. The lowest BCUT2D eigenvalue weighted by Gasteiger charge is -2.40. The van der Waals surface area contributed by atoms with E-state index >= 15 is 0 Å². The zero-order chi connectivity index (χ0) is 20.9. The van der Waals surface area contributed by atoms with E-state index < -0.39 is 27.3 Å². The normalized spacial score (nSPS) is 29.3.